The van der Waals surface area contributed by atoms with Gasteiger partial charge < -0.3 is 4.74 Å². The van der Waals surface area contributed by atoms with E-state index >= 15 is 0 Å². The molecule has 4 aromatic rings. The van der Waals surface area contributed by atoms with Crippen LogP contribution < -0.4 is 4.74 Å². The first-order valence-corrected chi connectivity index (χ1v) is 8.40. The Balaban J connectivity index is 2.15. The number of methoxy groups -OCH3 is 1. The van der Waals surface area contributed by atoms with Crippen molar-refractivity contribution in [1.82, 2.24) is 0 Å². The molecule has 0 atom stereocenters. The third-order valence-electron chi connectivity index (χ3n) is 4.75. The number of hydrogen-bond donors (Lipinski definition) is 0. The molecule has 4 rings (SSSR count). The van der Waals surface area contributed by atoms with Crippen LogP contribution in [0.1, 0.15) is 12.5 Å². The van der Waals surface area contributed by atoms with E-state index < -0.39 is 0 Å². The summed E-state index contributed by atoms with van der Waals surface area (Å²) in [6, 6.07) is 25.8. The van der Waals surface area contributed by atoms with E-state index in [4.69, 9.17) is 4.74 Å². The lowest BCUT2D eigenvalue weighted by Gasteiger charge is -2.15. The second kappa shape index (κ2) is 6.01. The summed E-state index contributed by atoms with van der Waals surface area (Å²) in [4.78, 5) is 0. The second-order valence-electron chi connectivity index (χ2n) is 6.04. The molecule has 0 unspecified atom stereocenters. The quantitative estimate of drug-likeness (QED) is 0.435. The molecule has 0 aliphatic rings. The van der Waals surface area contributed by atoms with Crippen LogP contribution in [0.2, 0.25) is 0 Å². The number of fused-ring (bicyclic) bond motifs is 2. The summed E-state index contributed by atoms with van der Waals surface area (Å²) in [5, 5.41) is 5.03. The zero-order valence-corrected chi connectivity index (χ0v) is 14.0. The molecule has 0 bridgehead atoms. The van der Waals surface area contributed by atoms with Gasteiger partial charge in [0.15, 0.2) is 0 Å². The fourth-order valence-corrected chi connectivity index (χ4v) is 3.64. The zero-order valence-electron chi connectivity index (χ0n) is 14.0. The second-order valence-corrected chi connectivity index (χ2v) is 6.04. The standard InChI is InChI=1S/C23H20O/c1-3-16-8-4-9-17-10-5-13-19(22(16)17)20-14-6-11-18-12-7-15-21(24-2)23(18)20/h4-15H,3H2,1-2H3. The first kappa shape index (κ1) is 14.8. The molecule has 4 aromatic carbocycles. The summed E-state index contributed by atoms with van der Waals surface area (Å²) < 4.78 is 5.66. The van der Waals surface area contributed by atoms with Gasteiger partial charge in [-0.2, -0.15) is 0 Å². The minimum absolute atomic E-state index is 0.925. The molecule has 0 saturated carbocycles. The van der Waals surface area contributed by atoms with Crippen LogP contribution in [-0.2, 0) is 6.42 Å². The average Bonchev–Trinajstić information content (AvgIpc) is 2.66. The Labute approximate surface area is 142 Å². The van der Waals surface area contributed by atoms with Gasteiger partial charge in [-0.15, -0.1) is 0 Å². The molecule has 24 heavy (non-hydrogen) atoms. The Hall–Kier alpha value is -2.80. The molecule has 0 aliphatic carbocycles. The number of hydrogen-bond acceptors (Lipinski definition) is 1. The molecule has 0 N–H and O–H groups in total. The predicted molar refractivity (Wildman–Crippen MR) is 103 cm³/mol. The first-order chi connectivity index (χ1) is 11.8. The number of benzene rings is 4. The van der Waals surface area contributed by atoms with Crippen LogP contribution in [0.15, 0.2) is 72.8 Å². The van der Waals surface area contributed by atoms with Crippen molar-refractivity contribution < 1.29 is 4.74 Å². The topological polar surface area (TPSA) is 9.23 Å². The first-order valence-electron chi connectivity index (χ1n) is 8.40. The van der Waals surface area contributed by atoms with Gasteiger partial charge in [-0.25, -0.2) is 0 Å². The fraction of sp³-hybridized carbons (Fsp3) is 0.130. The molecule has 0 aliphatic heterocycles. The summed E-state index contributed by atoms with van der Waals surface area (Å²) >= 11 is 0. The predicted octanol–water partition coefficient (Wildman–Crippen LogP) is 6.23. The van der Waals surface area contributed by atoms with Crippen molar-refractivity contribution in [3.63, 3.8) is 0 Å². The minimum atomic E-state index is 0.925. The number of rotatable bonds is 3. The van der Waals surface area contributed by atoms with Crippen molar-refractivity contribution in [3.8, 4) is 16.9 Å². The van der Waals surface area contributed by atoms with Crippen LogP contribution in [0.25, 0.3) is 32.7 Å². The molecule has 0 saturated heterocycles. The molecule has 118 valence electrons. The molecule has 1 nitrogen and oxygen atoms in total. The van der Waals surface area contributed by atoms with Gasteiger partial charge >= 0.3 is 0 Å². The van der Waals surface area contributed by atoms with Crippen LogP contribution >= 0.6 is 0 Å². The summed E-state index contributed by atoms with van der Waals surface area (Å²) in [6.45, 7) is 2.22. The molecule has 0 aromatic heterocycles. The molecule has 0 amide bonds. The summed E-state index contributed by atoms with van der Waals surface area (Å²) in [5.74, 6) is 0.925. The van der Waals surface area contributed by atoms with E-state index in [1.807, 2.05) is 12.1 Å². The fourth-order valence-electron chi connectivity index (χ4n) is 3.64. The summed E-state index contributed by atoms with van der Waals surface area (Å²) in [7, 11) is 1.74. The van der Waals surface area contributed by atoms with Gasteiger partial charge in [0.1, 0.15) is 5.75 Å². The Morgan fingerprint density at radius 1 is 0.667 bits per heavy atom. The maximum absolute atomic E-state index is 5.66. The van der Waals surface area contributed by atoms with Crippen molar-refractivity contribution in [2.75, 3.05) is 7.11 Å². The highest BCUT2D eigenvalue weighted by Gasteiger charge is 2.12. The van der Waals surface area contributed by atoms with Crippen molar-refractivity contribution in [2.45, 2.75) is 13.3 Å². The molecule has 0 spiro atoms. The number of ether oxygens (including phenoxy) is 1. The van der Waals surface area contributed by atoms with Gasteiger partial charge in [0.2, 0.25) is 0 Å². The summed E-state index contributed by atoms with van der Waals surface area (Å²) in [5.41, 5.74) is 3.89. The highest BCUT2D eigenvalue weighted by atomic mass is 16.5. The zero-order chi connectivity index (χ0) is 16.5. The van der Waals surface area contributed by atoms with Gasteiger partial charge in [-0.3, -0.25) is 0 Å². The highest BCUT2D eigenvalue weighted by Crippen LogP contribution is 2.39. The van der Waals surface area contributed by atoms with Crippen molar-refractivity contribution >= 4 is 21.5 Å². The van der Waals surface area contributed by atoms with Crippen LogP contribution in [0.5, 0.6) is 5.75 Å². The third kappa shape index (κ3) is 2.25. The van der Waals surface area contributed by atoms with Crippen LogP contribution in [0, 0.1) is 0 Å². The SMILES string of the molecule is CCc1cccc2cccc(-c3cccc4cccc(OC)c34)c12. The Bertz CT molecular complexity index is 935. The normalized spacial score (nSPS) is 11.1. The van der Waals surface area contributed by atoms with E-state index in [0.29, 0.717) is 0 Å². The van der Waals surface area contributed by atoms with Crippen molar-refractivity contribution in [1.29, 1.82) is 0 Å². The average molecular weight is 312 g/mol. The molecule has 0 heterocycles. The molecular weight excluding hydrogens is 292 g/mol. The largest absolute Gasteiger partial charge is 0.496 e. The van der Waals surface area contributed by atoms with Crippen molar-refractivity contribution in [2.24, 2.45) is 0 Å². The monoisotopic (exact) mass is 312 g/mol. The smallest absolute Gasteiger partial charge is 0.127 e. The van der Waals surface area contributed by atoms with E-state index in [0.717, 1.165) is 12.2 Å². The lowest BCUT2D eigenvalue weighted by molar-refractivity contribution is 0.420. The maximum atomic E-state index is 5.66. The third-order valence-corrected chi connectivity index (χ3v) is 4.75. The molecule has 1 heteroatoms. The lowest BCUT2D eigenvalue weighted by Crippen LogP contribution is -1.91. The van der Waals surface area contributed by atoms with E-state index in [-0.39, 0.29) is 0 Å². The molecule has 0 radical (unpaired) electrons. The molecule has 0 fully saturated rings. The Morgan fingerprint density at radius 3 is 1.83 bits per heavy atom. The lowest BCUT2D eigenvalue weighted by atomic mass is 9.90. The number of aryl methyl sites for hydroxylation is 1. The van der Waals surface area contributed by atoms with E-state index in [1.54, 1.807) is 7.11 Å². The van der Waals surface area contributed by atoms with Gasteiger partial charge in [-0.05, 0) is 45.3 Å². The van der Waals surface area contributed by atoms with Crippen LogP contribution in [-0.4, -0.2) is 7.11 Å². The van der Waals surface area contributed by atoms with Gasteiger partial charge in [0, 0.05) is 5.39 Å². The molecular formula is C23H20O. The maximum Gasteiger partial charge on any atom is 0.127 e. The van der Waals surface area contributed by atoms with E-state index in [9.17, 15) is 0 Å². The van der Waals surface area contributed by atoms with E-state index in [2.05, 4.69) is 67.6 Å². The van der Waals surface area contributed by atoms with Gasteiger partial charge in [0.25, 0.3) is 0 Å². The van der Waals surface area contributed by atoms with Crippen molar-refractivity contribution in [3.05, 3.63) is 78.4 Å². The van der Waals surface area contributed by atoms with E-state index in [1.165, 1.54) is 38.2 Å². The minimum Gasteiger partial charge on any atom is -0.496 e. The Kier molecular flexibility index (Phi) is 3.70. The van der Waals surface area contributed by atoms with Gasteiger partial charge in [0.05, 0.1) is 7.11 Å². The van der Waals surface area contributed by atoms with Crippen LogP contribution in [0.4, 0.5) is 0 Å². The Morgan fingerprint density at radius 2 is 1.21 bits per heavy atom. The highest BCUT2D eigenvalue weighted by molar-refractivity contribution is 6.08. The van der Waals surface area contributed by atoms with Gasteiger partial charge in [-0.1, -0.05) is 73.7 Å². The summed E-state index contributed by atoms with van der Waals surface area (Å²) in [6.07, 6.45) is 1.02. The van der Waals surface area contributed by atoms with Crippen LogP contribution in [0.3, 0.4) is 0 Å².